The van der Waals surface area contributed by atoms with Gasteiger partial charge >= 0.3 is 0 Å². The average Bonchev–Trinajstić information content (AvgIpc) is 2.31. The number of nitrogens with zero attached hydrogens (tertiary/aromatic N) is 1. The molecular formula is C13H17F2NO. The van der Waals surface area contributed by atoms with E-state index in [0.717, 1.165) is 18.6 Å². The Kier molecular flexibility index (Phi) is 4.61. The minimum atomic E-state index is -0.884. The van der Waals surface area contributed by atoms with Gasteiger partial charge in [0.2, 0.25) is 5.91 Å². The van der Waals surface area contributed by atoms with E-state index in [2.05, 4.69) is 0 Å². The number of carbonyl (C=O) groups excluding carboxylic acids is 1. The van der Waals surface area contributed by atoms with Crippen molar-refractivity contribution in [2.24, 2.45) is 0 Å². The Morgan fingerprint density at radius 1 is 1.35 bits per heavy atom. The summed E-state index contributed by atoms with van der Waals surface area (Å²) >= 11 is 0. The Labute approximate surface area is 100 Å². The van der Waals surface area contributed by atoms with Crippen molar-refractivity contribution in [2.75, 3.05) is 7.05 Å². The number of amides is 1. The summed E-state index contributed by atoms with van der Waals surface area (Å²) in [6.07, 6.45) is 1.23. The Balaban J connectivity index is 2.84. The molecule has 4 heteroatoms. The van der Waals surface area contributed by atoms with Gasteiger partial charge in [0, 0.05) is 13.5 Å². The maximum Gasteiger partial charge on any atom is 0.222 e. The third-order valence-corrected chi connectivity index (χ3v) is 2.86. The molecule has 94 valence electrons. The van der Waals surface area contributed by atoms with E-state index in [0.29, 0.717) is 12.0 Å². The summed E-state index contributed by atoms with van der Waals surface area (Å²) in [5.74, 6) is -1.75. The summed E-state index contributed by atoms with van der Waals surface area (Å²) in [7, 11) is 1.67. The van der Waals surface area contributed by atoms with Crippen LogP contribution in [0.5, 0.6) is 0 Å². The average molecular weight is 241 g/mol. The Hall–Kier alpha value is -1.45. The molecule has 1 rings (SSSR count). The van der Waals surface area contributed by atoms with Gasteiger partial charge in [0.15, 0.2) is 11.6 Å². The van der Waals surface area contributed by atoms with Gasteiger partial charge < -0.3 is 4.90 Å². The maximum atomic E-state index is 13.1. The number of rotatable bonds is 4. The summed E-state index contributed by atoms with van der Waals surface area (Å²) in [6, 6.07) is 3.46. The van der Waals surface area contributed by atoms with Crippen LogP contribution in [-0.4, -0.2) is 17.9 Å². The Bertz CT molecular complexity index is 406. The second-order valence-electron chi connectivity index (χ2n) is 4.10. The number of hydrogen-bond acceptors (Lipinski definition) is 1. The zero-order chi connectivity index (χ0) is 13.0. The molecule has 1 aromatic carbocycles. The molecule has 1 unspecified atom stereocenters. The second-order valence-corrected chi connectivity index (χ2v) is 4.10. The SMILES string of the molecule is CCCC(=O)N(C)C(C)c1ccc(F)c(F)c1. The standard InChI is InChI=1S/C13H17F2NO/c1-4-5-13(17)16(3)9(2)10-6-7-11(14)12(15)8-10/h6-9H,4-5H2,1-3H3. The van der Waals surface area contributed by atoms with Crippen molar-refractivity contribution in [1.29, 1.82) is 0 Å². The van der Waals surface area contributed by atoms with Crippen LogP contribution in [0.4, 0.5) is 8.78 Å². The van der Waals surface area contributed by atoms with Crippen LogP contribution in [-0.2, 0) is 4.79 Å². The molecule has 17 heavy (non-hydrogen) atoms. The van der Waals surface area contributed by atoms with Crippen molar-refractivity contribution < 1.29 is 13.6 Å². The monoisotopic (exact) mass is 241 g/mol. The molecule has 0 radical (unpaired) electrons. The van der Waals surface area contributed by atoms with Crippen molar-refractivity contribution in [3.8, 4) is 0 Å². The Morgan fingerprint density at radius 3 is 2.53 bits per heavy atom. The first kappa shape index (κ1) is 13.6. The highest BCUT2D eigenvalue weighted by Gasteiger charge is 2.17. The van der Waals surface area contributed by atoms with Crippen molar-refractivity contribution in [1.82, 2.24) is 4.90 Å². The molecular weight excluding hydrogens is 224 g/mol. The fraction of sp³-hybridized carbons (Fsp3) is 0.462. The fourth-order valence-electron chi connectivity index (χ4n) is 1.60. The molecule has 1 atom stereocenters. The van der Waals surface area contributed by atoms with Gasteiger partial charge in [-0.15, -0.1) is 0 Å². The predicted molar refractivity (Wildman–Crippen MR) is 62.5 cm³/mol. The van der Waals surface area contributed by atoms with Gasteiger partial charge in [-0.05, 0) is 31.0 Å². The topological polar surface area (TPSA) is 20.3 Å². The van der Waals surface area contributed by atoms with E-state index in [-0.39, 0.29) is 11.9 Å². The summed E-state index contributed by atoms with van der Waals surface area (Å²) in [4.78, 5) is 13.2. The number of hydrogen-bond donors (Lipinski definition) is 0. The third kappa shape index (κ3) is 3.25. The van der Waals surface area contributed by atoms with Gasteiger partial charge in [-0.2, -0.15) is 0 Å². The molecule has 0 aliphatic rings. The molecule has 1 aromatic rings. The van der Waals surface area contributed by atoms with Crippen LogP contribution in [0, 0.1) is 11.6 Å². The molecule has 0 fully saturated rings. The molecule has 1 amide bonds. The molecule has 0 N–H and O–H groups in total. The second kappa shape index (κ2) is 5.75. The molecule has 0 heterocycles. The van der Waals surface area contributed by atoms with Gasteiger partial charge in [-0.25, -0.2) is 8.78 Å². The van der Waals surface area contributed by atoms with E-state index < -0.39 is 11.6 Å². The van der Waals surface area contributed by atoms with Gasteiger partial charge in [0.25, 0.3) is 0 Å². The lowest BCUT2D eigenvalue weighted by Crippen LogP contribution is -2.29. The first-order chi connectivity index (χ1) is 7.97. The van der Waals surface area contributed by atoms with Gasteiger partial charge in [-0.3, -0.25) is 4.79 Å². The van der Waals surface area contributed by atoms with Crippen LogP contribution in [0.3, 0.4) is 0 Å². The number of benzene rings is 1. The van der Waals surface area contributed by atoms with Crippen molar-refractivity contribution in [3.05, 3.63) is 35.4 Å². The minimum Gasteiger partial charge on any atom is -0.339 e. The lowest BCUT2D eigenvalue weighted by Gasteiger charge is -2.25. The highest BCUT2D eigenvalue weighted by molar-refractivity contribution is 5.76. The Morgan fingerprint density at radius 2 is 2.00 bits per heavy atom. The van der Waals surface area contributed by atoms with Crippen LogP contribution in [0.15, 0.2) is 18.2 Å². The highest BCUT2D eigenvalue weighted by atomic mass is 19.2. The lowest BCUT2D eigenvalue weighted by atomic mass is 10.1. The van der Waals surface area contributed by atoms with Gasteiger partial charge in [0.05, 0.1) is 6.04 Å². The van der Waals surface area contributed by atoms with E-state index in [1.54, 1.807) is 18.9 Å². The summed E-state index contributed by atoms with van der Waals surface area (Å²) in [5.41, 5.74) is 0.593. The van der Waals surface area contributed by atoms with Crippen molar-refractivity contribution in [3.63, 3.8) is 0 Å². The molecule has 0 aromatic heterocycles. The van der Waals surface area contributed by atoms with E-state index in [1.807, 2.05) is 6.92 Å². The fourth-order valence-corrected chi connectivity index (χ4v) is 1.60. The zero-order valence-electron chi connectivity index (χ0n) is 10.3. The summed E-state index contributed by atoms with van der Waals surface area (Å²) in [6.45, 7) is 3.72. The van der Waals surface area contributed by atoms with Gasteiger partial charge in [0.1, 0.15) is 0 Å². The van der Waals surface area contributed by atoms with E-state index in [1.165, 1.54) is 6.07 Å². The largest absolute Gasteiger partial charge is 0.339 e. The molecule has 0 saturated carbocycles. The summed E-state index contributed by atoms with van der Waals surface area (Å²) in [5, 5.41) is 0. The van der Waals surface area contributed by atoms with Gasteiger partial charge in [-0.1, -0.05) is 13.0 Å². The number of carbonyl (C=O) groups is 1. The van der Waals surface area contributed by atoms with Crippen LogP contribution in [0.25, 0.3) is 0 Å². The quantitative estimate of drug-likeness (QED) is 0.792. The zero-order valence-corrected chi connectivity index (χ0v) is 10.3. The smallest absolute Gasteiger partial charge is 0.222 e. The van der Waals surface area contributed by atoms with E-state index in [9.17, 15) is 13.6 Å². The summed E-state index contributed by atoms with van der Waals surface area (Å²) < 4.78 is 25.9. The first-order valence-corrected chi connectivity index (χ1v) is 5.68. The molecule has 0 saturated heterocycles. The predicted octanol–water partition coefficient (Wildman–Crippen LogP) is 3.28. The normalized spacial score (nSPS) is 12.3. The van der Waals surface area contributed by atoms with E-state index in [4.69, 9.17) is 0 Å². The van der Waals surface area contributed by atoms with Crippen LogP contribution >= 0.6 is 0 Å². The molecule has 0 bridgehead atoms. The minimum absolute atomic E-state index is 0.00438. The third-order valence-electron chi connectivity index (χ3n) is 2.86. The molecule has 2 nitrogen and oxygen atoms in total. The van der Waals surface area contributed by atoms with E-state index >= 15 is 0 Å². The van der Waals surface area contributed by atoms with Crippen LogP contribution in [0.2, 0.25) is 0 Å². The van der Waals surface area contributed by atoms with Crippen molar-refractivity contribution >= 4 is 5.91 Å². The van der Waals surface area contributed by atoms with Crippen molar-refractivity contribution in [2.45, 2.75) is 32.7 Å². The number of halogens is 2. The highest BCUT2D eigenvalue weighted by Crippen LogP contribution is 2.21. The maximum absolute atomic E-state index is 13.1. The lowest BCUT2D eigenvalue weighted by molar-refractivity contribution is -0.131. The molecule has 0 aliphatic heterocycles. The molecule has 0 spiro atoms. The van der Waals surface area contributed by atoms with Crippen LogP contribution < -0.4 is 0 Å². The first-order valence-electron chi connectivity index (χ1n) is 5.68. The molecule has 0 aliphatic carbocycles. The van der Waals surface area contributed by atoms with Crippen LogP contribution in [0.1, 0.15) is 38.3 Å².